The van der Waals surface area contributed by atoms with Crippen molar-refractivity contribution in [3.63, 3.8) is 0 Å². The number of aromatic hydroxyl groups is 1. The number of esters is 1. The number of fused-ring (bicyclic) bond motifs is 1. The average molecular weight is 341 g/mol. The molecule has 5 nitrogen and oxygen atoms in total. The Morgan fingerprint density at radius 2 is 1.84 bits per heavy atom. The molecule has 0 fully saturated rings. The lowest BCUT2D eigenvalue weighted by Crippen LogP contribution is -2.20. The number of benzene rings is 2. The molecule has 0 saturated carbocycles. The molecule has 0 saturated heterocycles. The molecule has 0 aliphatic rings. The van der Waals surface area contributed by atoms with Crippen LogP contribution in [0.3, 0.4) is 0 Å². The summed E-state index contributed by atoms with van der Waals surface area (Å²) in [6, 6.07) is 11.3. The van der Waals surface area contributed by atoms with Crippen LogP contribution in [0.5, 0.6) is 5.75 Å². The van der Waals surface area contributed by atoms with Crippen molar-refractivity contribution in [3.05, 3.63) is 75.3 Å². The Bertz CT molecular complexity index is 993. The van der Waals surface area contributed by atoms with E-state index >= 15 is 0 Å². The first-order valence-electron chi connectivity index (χ1n) is 7.79. The van der Waals surface area contributed by atoms with Gasteiger partial charge in [-0.1, -0.05) is 18.2 Å². The molecular formula is C19H16FNO4. The Labute approximate surface area is 142 Å². The normalized spacial score (nSPS) is 10.8. The van der Waals surface area contributed by atoms with Gasteiger partial charge in [-0.05, 0) is 48.7 Å². The quantitative estimate of drug-likeness (QED) is 0.715. The van der Waals surface area contributed by atoms with E-state index in [0.29, 0.717) is 17.3 Å². The molecular weight excluding hydrogens is 325 g/mol. The molecule has 25 heavy (non-hydrogen) atoms. The van der Waals surface area contributed by atoms with Crippen LogP contribution in [0.1, 0.15) is 28.4 Å². The largest absolute Gasteiger partial charge is 0.506 e. The minimum Gasteiger partial charge on any atom is -0.506 e. The molecule has 0 bridgehead atoms. The fourth-order valence-electron chi connectivity index (χ4n) is 2.67. The van der Waals surface area contributed by atoms with Gasteiger partial charge in [0.1, 0.15) is 11.6 Å². The summed E-state index contributed by atoms with van der Waals surface area (Å²) in [6.45, 7) is 1.72. The van der Waals surface area contributed by atoms with Crippen molar-refractivity contribution >= 4 is 16.9 Å². The third-order valence-corrected chi connectivity index (χ3v) is 3.85. The van der Waals surface area contributed by atoms with Crippen molar-refractivity contribution in [2.45, 2.75) is 13.3 Å². The van der Waals surface area contributed by atoms with E-state index in [2.05, 4.69) is 4.98 Å². The van der Waals surface area contributed by atoms with Gasteiger partial charge in [-0.3, -0.25) is 4.79 Å². The van der Waals surface area contributed by atoms with Gasteiger partial charge in [0.2, 0.25) is 0 Å². The topological polar surface area (TPSA) is 79.4 Å². The number of halogens is 1. The predicted octanol–water partition coefficient (Wildman–Crippen LogP) is 3.14. The van der Waals surface area contributed by atoms with Crippen LogP contribution in [-0.4, -0.2) is 22.7 Å². The summed E-state index contributed by atoms with van der Waals surface area (Å²) in [4.78, 5) is 26.5. The van der Waals surface area contributed by atoms with Crippen LogP contribution in [0.2, 0.25) is 0 Å². The molecule has 2 N–H and O–H groups in total. The van der Waals surface area contributed by atoms with Crippen molar-refractivity contribution in [1.82, 2.24) is 4.98 Å². The minimum atomic E-state index is -0.862. The van der Waals surface area contributed by atoms with Crippen LogP contribution >= 0.6 is 0 Å². The molecule has 0 amide bonds. The standard InChI is InChI=1S/C19H16FNO4/c1-2-25-19(24)16-17(22)14-8-5-12(10-15(14)21-18(16)23)9-11-3-6-13(20)7-4-11/h3-8,10H,2,9H2,1H3,(H2,21,22,23). The summed E-state index contributed by atoms with van der Waals surface area (Å²) in [5.74, 6) is -1.56. The lowest BCUT2D eigenvalue weighted by Gasteiger charge is -2.09. The number of aromatic amines is 1. The van der Waals surface area contributed by atoms with Gasteiger partial charge < -0.3 is 14.8 Å². The third-order valence-electron chi connectivity index (χ3n) is 3.85. The zero-order valence-electron chi connectivity index (χ0n) is 13.5. The molecule has 128 valence electrons. The second-order valence-electron chi connectivity index (χ2n) is 5.58. The highest BCUT2D eigenvalue weighted by molar-refractivity contribution is 5.99. The fraction of sp³-hybridized carbons (Fsp3) is 0.158. The molecule has 1 heterocycles. The van der Waals surface area contributed by atoms with Gasteiger partial charge in [-0.2, -0.15) is 0 Å². The number of hydrogen-bond acceptors (Lipinski definition) is 4. The van der Waals surface area contributed by atoms with E-state index in [0.717, 1.165) is 11.1 Å². The van der Waals surface area contributed by atoms with Crippen LogP contribution in [0.15, 0.2) is 47.3 Å². The van der Waals surface area contributed by atoms with Crippen LogP contribution in [-0.2, 0) is 11.2 Å². The summed E-state index contributed by atoms with van der Waals surface area (Å²) in [7, 11) is 0. The molecule has 3 aromatic rings. The minimum absolute atomic E-state index is 0.104. The summed E-state index contributed by atoms with van der Waals surface area (Å²) in [5.41, 5.74) is 1.09. The summed E-state index contributed by atoms with van der Waals surface area (Å²) in [5, 5.41) is 10.6. The van der Waals surface area contributed by atoms with Gasteiger partial charge in [0.25, 0.3) is 5.56 Å². The lowest BCUT2D eigenvalue weighted by molar-refractivity contribution is 0.0521. The van der Waals surface area contributed by atoms with Gasteiger partial charge in [0.15, 0.2) is 5.56 Å². The van der Waals surface area contributed by atoms with E-state index in [9.17, 15) is 19.1 Å². The van der Waals surface area contributed by atoms with Gasteiger partial charge >= 0.3 is 5.97 Å². The van der Waals surface area contributed by atoms with E-state index in [-0.39, 0.29) is 12.4 Å². The Hall–Kier alpha value is -3.15. The highest BCUT2D eigenvalue weighted by atomic mass is 19.1. The average Bonchev–Trinajstić information content (AvgIpc) is 2.57. The van der Waals surface area contributed by atoms with Gasteiger partial charge in [-0.25, -0.2) is 9.18 Å². The Balaban J connectivity index is 2.01. The van der Waals surface area contributed by atoms with Crippen LogP contribution in [0, 0.1) is 5.82 Å². The molecule has 0 unspecified atom stereocenters. The number of ether oxygens (including phenoxy) is 1. The molecule has 0 aliphatic heterocycles. The van der Waals surface area contributed by atoms with E-state index in [4.69, 9.17) is 4.74 Å². The molecule has 0 atom stereocenters. The van der Waals surface area contributed by atoms with Gasteiger partial charge in [0.05, 0.1) is 12.1 Å². The Kier molecular flexibility index (Phi) is 4.52. The predicted molar refractivity (Wildman–Crippen MR) is 91.4 cm³/mol. The number of H-pyrrole nitrogens is 1. The van der Waals surface area contributed by atoms with Gasteiger partial charge in [0, 0.05) is 5.39 Å². The number of rotatable bonds is 4. The maximum atomic E-state index is 13.0. The fourth-order valence-corrected chi connectivity index (χ4v) is 2.67. The van der Waals surface area contributed by atoms with Crippen molar-refractivity contribution in [2.24, 2.45) is 0 Å². The Morgan fingerprint density at radius 3 is 2.52 bits per heavy atom. The maximum absolute atomic E-state index is 13.0. The number of carbonyl (C=O) groups excluding carboxylic acids is 1. The zero-order chi connectivity index (χ0) is 18.0. The van der Waals surface area contributed by atoms with E-state index in [1.807, 2.05) is 0 Å². The Morgan fingerprint density at radius 1 is 1.16 bits per heavy atom. The van der Waals surface area contributed by atoms with Crippen molar-refractivity contribution < 1.29 is 19.0 Å². The number of nitrogens with one attached hydrogen (secondary N) is 1. The van der Waals surface area contributed by atoms with Crippen molar-refractivity contribution in [1.29, 1.82) is 0 Å². The van der Waals surface area contributed by atoms with Crippen molar-refractivity contribution in [2.75, 3.05) is 6.61 Å². The summed E-state index contributed by atoms with van der Waals surface area (Å²) < 4.78 is 17.8. The lowest BCUT2D eigenvalue weighted by atomic mass is 10.0. The number of carbonyl (C=O) groups is 1. The smallest absolute Gasteiger partial charge is 0.347 e. The molecule has 6 heteroatoms. The summed E-state index contributed by atoms with van der Waals surface area (Å²) in [6.07, 6.45) is 0.540. The molecule has 0 radical (unpaired) electrons. The second-order valence-corrected chi connectivity index (χ2v) is 5.58. The van der Waals surface area contributed by atoms with E-state index < -0.39 is 22.8 Å². The number of pyridine rings is 1. The molecule has 0 aliphatic carbocycles. The second kappa shape index (κ2) is 6.76. The maximum Gasteiger partial charge on any atom is 0.347 e. The van der Waals surface area contributed by atoms with E-state index in [1.165, 1.54) is 12.1 Å². The van der Waals surface area contributed by atoms with E-state index in [1.54, 1.807) is 37.3 Å². The highest BCUT2D eigenvalue weighted by Gasteiger charge is 2.20. The molecule has 3 rings (SSSR count). The van der Waals surface area contributed by atoms with Gasteiger partial charge in [-0.15, -0.1) is 0 Å². The first-order valence-corrected chi connectivity index (χ1v) is 7.79. The number of aromatic nitrogens is 1. The SMILES string of the molecule is CCOC(=O)c1c(O)c2ccc(Cc3ccc(F)cc3)cc2[nH]c1=O. The monoisotopic (exact) mass is 341 g/mol. The first-order chi connectivity index (χ1) is 12.0. The number of hydrogen-bond donors (Lipinski definition) is 2. The first kappa shape index (κ1) is 16.7. The third kappa shape index (κ3) is 3.38. The zero-order valence-corrected chi connectivity index (χ0v) is 13.5. The van der Waals surface area contributed by atoms with Crippen LogP contribution in [0.4, 0.5) is 4.39 Å². The van der Waals surface area contributed by atoms with Crippen molar-refractivity contribution in [3.8, 4) is 5.75 Å². The summed E-state index contributed by atoms with van der Waals surface area (Å²) >= 11 is 0. The molecule has 1 aromatic heterocycles. The molecule has 0 spiro atoms. The molecule has 2 aromatic carbocycles. The van der Waals surface area contributed by atoms with Crippen LogP contribution < -0.4 is 5.56 Å². The van der Waals surface area contributed by atoms with Crippen LogP contribution in [0.25, 0.3) is 10.9 Å². The highest BCUT2D eigenvalue weighted by Crippen LogP contribution is 2.26.